The van der Waals surface area contributed by atoms with Gasteiger partial charge in [-0.15, -0.1) is 10.2 Å². The van der Waals surface area contributed by atoms with Crippen molar-refractivity contribution in [2.75, 3.05) is 11.1 Å². The maximum atomic E-state index is 12.1. The van der Waals surface area contributed by atoms with Crippen LogP contribution in [0.1, 0.15) is 23.6 Å². The molecule has 0 saturated carbocycles. The fraction of sp³-hybridized carbons (Fsp3) is 0.227. The molecule has 0 radical (unpaired) electrons. The van der Waals surface area contributed by atoms with Gasteiger partial charge in [0, 0.05) is 11.3 Å². The zero-order valence-electron chi connectivity index (χ0n) is 15.8. The van der Waals surface area contributed by atoms with Gasteiger partial charge in [0.2, 0.25) is 5.91 Å². The number of carbonyl (C=O) groups excluding carboxylic acids is 1. The maximum Gasteiger partial charge on any atom is 0.234 e. The van der Waals surface area contributed by atoms with Crippen molar-refractivity contribution < 1.29 is 4.79 Å². The van der Waals surface area contributed by atoms with E-state index in [1.54, 1.807) is 0 Å². The molecule has 27 heavy (non-hydrogen) atoms. The zero-order valence-corrected chi connectivity index (χ0v) is 16.6. The van der Waals surface area contributed by atoms with Gasteiger partial charge in [-0.05, 0) is 61.7 Å². The SMILES string of the molecule is CCc1ccc(NC(=O)CSc2ccc(-c3cc(C)ccc3C)nn2)cc1. The van der Waals surface area contributed by atoms with Gasteiger partial charge in [-0.25, -0.2) is 0 Å². The van der Waals surface area contributed by atoms with Crippen molar-refractivity contribution in [2.24, 2.45) is 0 Å². The zero-order chi connectivity index (χ0) is 19.2. The number of nitrogens with one attached hydrogen (secondary N) is 1. The number of amides is 1. The molecular weight excluding hydrogens is 354 g/mol. The van der Waals surface area contributed by atoms with E-state index in [1.165, 1.54) is 28.5 Å². The number of carbonyl (C=O) groups is 1. The van der Waals surface area contributed by atoms with Crippen molar-refractivity contribution in [3.63, 3.8) is 0 Å². The highest BCUT2D eigenvalue weighted by atomic mass is 32.2. The molecule has 138 valence electrons. The number of aryl methyl sites for hydroxylation is 3. The second-order valence-corrected chi connectivity index (χ2v) is 7.46. The summed E-state index contributed by atoms with van der Waals surface area (Å²) in [7, 11) is 0. The summed E-state index contributed by atoms with van der Waals surface area (Å²) in [6, 6.07) is 18.1. The summed E-state index contributed by atoms with van der Waals surface area (Å²) in [5.74, 6) is 0.247. The van der Waals surface area contributed by atoms with E-state index in [0.717, 1.165) is 28.4 Å². The number of nitrogens with zero attached hydrogens (tertiary/aromatic N) is 2. The molecular formula is C22H23N3OS. The Morgan fingerprint density at radius 3 is 2.44 bits per heavy atom. The molecule has 1 N–H and O–H groups in total. The first kappa shape index (κ1) is 19.1. The Labute approximate surface area is 164 Å². The van der Waals surface area contributed by atoms with Crippen LogP contribution in [0.2, 0.25) is 0 Å². The summed E-state index contributed by atoms with van der Waals surface area (Å²) in [5.41, 5.74) is 6.37. The molecule has 1 amide bonds. The highest BCUT2D eigenvalue weighted by molar-refractivity contribution is 7.99. The largest absolute Gasteiger partial charge is 0.325 e. The van der Waals surface area contributed by atoms with E-state index in [-0.39, 0.29) is 5.91 Å². The molecule has 0 bridgehead atoms. The summed E-state index contributed by atoms with van der Waals surface area (Å²) in [4.78, 5) is 12.1. The van der Waals surface area contributed by atoms with Crippen LogP contribution in [0.5, 0.6) is 0 Å². The van der Waals surface area contributed by atoms with Crippen molar-refractivity contribution >= 4 is 23.4 Å². The van der Waals surface area contributed by atoms with E-state index in [9.17, 15) is 4.79 Å². The van der Waals surface area contributed by atoms with Gasteiger partial charge in [0.1, 0.15) is 5.03 Å². The number of hydrogen-bond donors (Lipinski definition) is 1. The van der Waals surface area contributed by atoms with E-state index >= 15 is 0 Å². The van der Waals surface area contributed by atoms with Crippen molar-refractivity contribution in [1.82, 2.24) is 10.2 Å². The number of hydrogen-bond acceptors (Lipinski definition) is 4. The van der Waals surface area contributed by atoms with Crippen molar-refractivity contribution in [2.45, 2.75) is 32.2 Å². The molecule has 4 nitrogen and oxygen atoms in total. The Bertz CT molecular complexity index is 921. The standard InChI is InChI=1S/C22H23N3OS/c1-4-17-7-9-18(10-8-17)23-21(26)14-27-22-12-11-20(24-25-22)19-13-15(2)5-6-16(19)3/h5-13H,4,14H2,1-3H3,(H,23,26). The smallest absolute Gasteiger partial charge is 0.234 e. The van der Waals surface area contributed by atoms with Gasteiger partial charge >= 0.3 is 0 Å². The van der Waals surface area contributed by atoms with Crippen molar-refractivity contribution in [3.05, 3.63) is 71.3 Å². The fourth-order valence-electron chi connectivity index (χ4n) is 2.71. The second kappa shape index (κ2) is 8.82. The van der Waals surface area contributed by atoms with E-state index in [4.69, 9.17) is 0 Å². The Balaban J connectivity index is 1.58. The monoisotopic (exact) mass is 377 g/mol. The van der Waals surface area contributed by atoms with Gasteiger partial charge in [-0.3, -0.25) is 4.79 Å². The highest BCUT2D eigenvalue weighted by Gasteiger charge is 2.08. The minimum absolute atomic E-state index is 0.0512. The summed E-state index contributed by atoms with van der Waals surface area (Å²) in [6.45, 7) is 6.24. The van der Waals surface area contributed by atoms with Crippen LogP contribution in [0.25, 0.3) is 11.3 Å². The molecule has 0 aliphatic carbocycles. The predicted molar refractivity (Wildman–Crippen MR) is 112 cm³/mol. The average molecular weight is 378 g/mol. The van der Waals surface area contributed by atoms with Gasteiger partial charge in [-0.2, -0.15) is 0 Å². The first-order chi connectivity index (χ1) is 13.0. The molecule has 0 fully saturated rings. The minimum atomic E-state index is -0.0512. The van der Waals surface area contributed by atoms with Crippen LogP contribution < -0.4 is 5.32 Å². The van der Waals surface area contributed by atoms with Gasteiger partial charge < -0.3 is 5.32 Å². The molecule has 0 saturated heterocycles. The van der Waals surface area contributed by atoms with E-state index in [2.05, 4.69) is 54.5 Å². The number of rotatable bonds is 6. The molecule has 3 rings (SSSR count). The second-order valence-electron chi connectivity index (χ2n) is 6.46. The summed E-state index contributed by atoms with van der Waals surface area (Å²) >= 11 is 1.38. The molecule has 2 aromatic carbocycles. The summed E-state index contributed by atoms with van der Waals surface area (Å²) in [5, 5.41) is 12.2. The topological polar surface area (TPSA) is 54.9 Å². The minimum Gasteiger partial charge on any atom is -0.325 e. The predicted octanol–water partition coefficient (Wildman–Crippen LogP) is 5.05. The molecule has 3 aromatic rings. The Morgan fingerprint density at radius 1 is 1.00 bits per heavy atom. The van der Waals surface area contributed by atoms with Crippen LogP contribution in [0.4, 0.5) is 5.69 Å². The fourth-order valence-corrected chi connectivity index (χ4v) is 3.33. The van der Waals surface area contributed by atoms with Crippen LogP contribution in [-0.2, 0) is 11.2 Å². The molecule has 5 heteroatoms. The van der Waals surface area contributed by atoms with Crippen LogP contribution in [-0.4, -0.2) is 21.9 Å². The first-order valence-corrected chi connectivity index (χ1v) is 9.96. The van der Waals surface area contributed by atoms with Gasteiger partial charge in [0.15, 0.2) is 0 Å². The summed E-state index contributed by atoms with van der Waals surface area (Å²) in [6.07, 6.45) is 0.987. The number of aromatic nitrogens is 2. The van der Waals surface area contributed by atoms with Gasteiger partial charge in [0.25, 0.3) is 0 Å². The maximum absolute atomic E-state index is 12.1. The molecule has 0 atom stereocenters. The van der Waals surface area contributed by atoms with Gasteiger partial charge in [0.05, 0.1) is 11.4 Å². The Morgan fingerprint density at radius 2 is 1.78 bits per heavy atom. The third kappa shape index (κ3) is 5.17. The van der Waals surface area contributed by atoms with E-state index in [1.807, 2.05) is 36.4 Å². The number of benzene rings is 2. The lowest BCUT2D eigenvalue weighted by atomic mass is 10.0. The molecule has 0 unspecified atom stereocenters. The van der Waals surface area contributed by atoms with Crippen LogP contribution in [0, 0.1) is 13.8 Å². The molecule has 1 heterocycles. The number of anilines is 1. The van der Waals surface area contributed by atoms with Crippen LogP contribution in [0.3, 0.4) is 0 Å². The Kier molecular flexibility index (Phi) is 6.24. The quantitative estimate of drug-likeness (QED) is 0.611. The first-order valence-electron chi connectivity index (χ1n) is 8.98. The lowest BCUT2D eigenvalue weighted by Crippen LogP contribution is -2.14. The molecule has 0 aliphatic heterocycles. The van der Waals surface area contributed by atoms with Crippen molar-refractivity contribution in [1.29, 1.82) is 0 Å². The number of thioether (sulfide) groups is 1. The molecule has 0 aliphatic rings. The van der Waals surface area contributed by atoms with Gasteiger partial charge in [-0.1, -0.05) is 48.5 Å². The van der Waals surface area contributed by atoms with E-state index < -0.39 is 0 Å². The van der Waals surface area contributed by atoms with Crippen molar-refractivity contribution in [3.8, 4) is 11.3 Å². The normalized spacial score (nSPS) is 10.6. The summed E-state index contributed by atoms with van der Waals surface area (Å²) < 4.78 is 0. The highest BCUT2D eigenvalue weighted by Crippen LogP contribution is 2.24. The van der Waals surface area contributed by atoms with E-state index in [0.29, 0.717) is 5.75 Å². The van der Waals surface area contributed by atoms with Crippen LogP contribution >= 0.6 is 11.8 Å². The molecule has 1 aromatic heterocycles. The third-order valence-electron chi connectivity index (χ3n) is 4.31. The third-order valence-corrected chi connectivity index (χ3v) is 5.23. The average Bonchev–Trinajstić information content (AvgIpc) is 2.69. The molecule has 0 spiro atoms. The lowest BCUT2D eigenvalue weighted by Gasteiger charge is -2.07. The lowest BCUT2D eigenvalue weighted by molar-refractivity contribution is -0.113. The Hall–Kier alpha value is -2.66. The van der Waals surface area contributed by atoms with Crippen LogP contribution in [0.15, 0.2) is 59.6 Å².